The van der Waals surface area contributed by atoms with E-state index in [1.807, 2.05) is 0 Å². The van der Waals surface area contributed by atoms with Gasteiger partial charge in [-0.15, -0.1) is 0 Å². The van der Waals surface area contributed by atoms with Crippen molar-refractivity contribution < 1.29 is 13.3 Å². The smallest absolute Gasteiger partial charge is 0.291 e. The number of sulfonamides is 1. The van der Waals surface area contributed by atoms with Crippen LogP contribution in [0.1, 0.15) is 0 Å². The average molecular weight is 328 g/mol. The van der Waals surface area contributed by atoms with Crippen LogP contribution in [-0.2, 0) is 10.0 Å². The number of nitro groups is 1. The fraction of sp³-hybridized carbons (Fsp3) is 0. The second-order valence-electron chi connectivity index (χ2n) is 4.07. The molecule has 0 spiro atoms. The minimum atomic E-state index is -4.16. The number of nitrogen functional groups attached to an aromatic ring is 1. The van der Waals surface area contributed by atoms with Gasteiger partial charge in [-0.1, -0.05) is 23.7 Å². The Bertz CT molecular complexity index is 808. The molecule has 0 saturated heterocycles. The van der Waals surface area contributed by atoms with Gasteiger partial charge in [-0.25, -0.2) is 8.42 Å². The van der Waals surface area contributed by atoms with Crippen molar-refractivity contribution in [2.45, 2.75) is 4.90 Å². The van der Waals surface area contributed by atoms with Gasteiger partial charge < -0.3 is 5.73 Å². The van der Waals surface area contributed by atoms with Crippen molar-refractivity contribution >= 4 is 38.7 Å². The predicted octanol–water partition coefficient (Wildman–Crippen LogP) is 2.63. The summed E-state index contributed by atoms with van der Waals surface area (Å²) in [5.74, 6) is 0. The summed E-state index contributed by atoms with van der Waals surface area (Å²) in [6.45, 7) is 0. The van der Waals surface area contributed by atoms with Gasteiger partial charge in [0.2, 0.25) is 0 Å². The van der Waals surface area contributed by atoms with Gasteiger partial charge in [0, 0.05) is 11.8 Å². The first kappa shape index (κ1) is 15.1. The van der Waals surface area contributed by atoms with E-state index >= 15 is 0 Å². The molecule has 0 unspecified atom stereocenters. The van der Waals surface area contributed by atoms with Crippen LogP contribution in [0.15, 0.2) is 47.4 Å². The molecule has 0 atom stereocenters. The van der Waals surface area contributed by atoms with Crippen LogP contribution >= 0.6 is 11.6 Å². The molecule has 0 aromatic heterocycles. The largest absolute Gasteiger partial charge is 0.399 e. The van der Waals surface area contributed by atoms with E-state index in [2.05, 4.69) is 4.72 Å². The second kappa shape index (κ2) is 5.58. The Morgan fingerprint density at radius 3 is 2.48 bits per heavy atom. The molecule has 0 aliphatic carbocycles. The van der Waals surface area contributed by atoms with Crippen LogP contribution in [0.5, 0.6) is 0 Å². The van der Waals surface area contributed by atoms with Gasteiger partial charge in [0.25, 0.3) is 15.7 Å². The molecular weight excluding hydrogens is 318 g/mol. The molecule has 2 aromatic rings. The highest BCUT2D eigenvalue weighted by Gasteiger charge is 2.26. The number of para-hydroxylation sites is 1. The lowest BCUT2D eigenvalue weighted by molar-refractivity contribution is -0.387. The maximum absolute atomic E-state index is 12.3. The van der Waals surface area contributed by atoms with Crippen LogP contribution in [0.2, 0.25) is 5.02 Å². The number of nitrogens with one attached hydrogen (secondary N) is 1. The first-order chi connectivity index (χ1) is 9.81. The standard InChI is InChI=1S/C12H10ClN3O4S/c13-9-3-1-2-4-10(9)15-21(19,20)12-6-5-8(14)7-11(12)16(17)18/h1-7,15H,14H2. The molecule has 21 heavy (non-hydrogen) atoms. The molecule has 2 rings (SSSR count). The molecule has 0 aliphatic heterocycles. The van der Waals surface area contributed by atoms with Crippen molar-refractivity contribution in [3.63, 3.8) is 0 Å². The summed E-state index contributed by atoms with van der Waals surface area (Å²) in [6.07, 6.45) is 0. The van der Waals surface area contributed by atoms with Crippen LogP contribution in [-0.4, -0.2) is 13.3 Å². The number of nitrogens with zero attached hydrogens (tertiary/aromatic N) is 1. The molecule has 9 heteroatoms. The maximum Gasteiger partial charge on any atom is 0.291 e. The molecule has 0 bridgehead atoms. The van der Waals surface area contributed by atoms with E-state index in [0.29, 0.717) is 0 Å². The van der Waals surface area contributed by atoms with E-state index < -0.39 is 25.5 Å². The zero-order chi connectivity index (χ0) is 15.6. The molecule has 0 saturated carbocycles. The molecule has 0 radical (unpaired) electrons. The monoisotopic (exact) mass is 327 g/mol. The second-order valence-corrected chi connectivity index (χ2v) is 6.13. The quantitative estimate of drug-likeness (QED) is 0.508. The van der Waals surface area contributed by atoms with Gasteiger partial charge in [0.15, 0.2) is 4.90 Å². The zero-order valence-electron chi connectivity index (χ0n) is 10.5. The third kappa shape index (κ3) is 3.23. The van der Waals surface area contributed by atoms with Crippen LogP contribution in [0.4, 0.5) is 17.1 Å². The van der Waals surface area contributed by atoms with E-state index in [1.165, 1.54) is 18.2 Å². The van der Waals surface area contributed by atoms with E-state index in [9.17, 15) is 18.5 Å². The Morgan fingerprint density at radius 1 is 1.19 bits per heavy atom. The average Bonchev–Trinajstić information content (AvgIpc) is 2.40. The predicted molar refractivity (Wildman–Crippen MR) is 79.8 cm³/mol. The van der Waals surface area contributed by atoms with E-state index in [1.54, 1.807) is 12.1 Å². The van der Waals surface area contributed by atoms with Gasteiger partial charge in [-0.05, 0) is 24.3 Å². The van der Waals surface area contributed by atoms with Gasteiger partial charge in [0.1, 0.15) is 0 Å². The normalized spacial score (nSPS) is 11.1. The molecule has 0 heterocycles. The minimum absolute atomic E-state index is 0.0957. The fourth-order valence-electron chi connectivity index (χ4n) is 1.65. The number of rotatable bonds is 4. The number of benzene rings is 2. The Hall–Kier alpha value is -2.32. The zero-order valence-corrected chi connectivity index (χ0v) is 12.1. The minimum Gasteiger partial charge on any atom is -0.399 e. The van der Waals surface area contributed by atoms with Gasteiger partial charge >= 0.3 is 0 Å². The molecular formula is C12H10ClN3O4S. The lowest BCUT2D eigenvalue weighted by Crippen LogP contribution is -2.15. The SMILES string of the molecule is Nc1ccc(S(=O)(=O)Nc2ccccc2Cl)c([N+](=O)[O-])c1. The number of anilines is 2. The van der Waals surface area contributed by atoms with Crippen molar-refractivity contribution in [3.05, 3.63) is 57.6 Å². The summed E-state index contributed by atoms with van der Waals surface area (Å²) in [5.41, 5.74) is 5.07. The molecule has 7 nitrogen and oxygen atoms in total. The summed E-state index contributed by atoms with van der Waals surface area (Å²) < 4.78 is 26.8. The Kier molecular flexibility index (Phi) is 4.01. The summed E-state index contributed by atoms with van der Waals surface area (Å²) in [7, 11) is -4.16. The molecule has 110 valence electrons. The van der Waals surface area contributed by atoms with Crippen LogP contribution < -0.4 is 10.5 Å². The number of halogens is 1. The summed E-state index contributed by atoms with van der Waals surface area (Å²) >= 11 is 5.86. The maximum atomic E-state index is 12.3. The lowest BCUT2D eigenvalue weighted by Gasteiger charge is -2.10. The van der Waals surface area contributed by atoms with Crippen molar-refractivity contribution in [1.29, 1.82) is 0 Å². The van der Waals surface area contributed by atoms with Crippen molar-refractivity contribution in [2.75, 3.05) is 10.5 Å². The van der Waals surface area contributed by atoms with Gasteiger partial charge in [-0.2, -0.15) is 0 Å². The Labute approximate surface area is 125 Å². The number of hydrogen-bond donors (Lipinski definition) is 2. The van der Waals surface area contributed by atoms with Crippen LogP contribution in [0.3, 0.4) is 0 Å². The molecule has 3 N–H and O–H groups in total. The summed E-state index contributed by atoms with van der Waals surface area (Å²) in [5, 5.41) is 11.2. The highest BCUT2D eigenvalue weighted by molar-refractivity contribution is 7.92. The van der Waals surface area contributed by atoms with E-state index in [0.717, 1.165) is 12.1 Å². The van der Waals surface area contributed by atoms with Gasteiger partial charge in [0.05, 0.1) is 15.6 Å². The molecule has 0 amide bonds. The fourth-order valence-corrected chi connectivity index (χ4v) is 3.12. The molecule has 0 aliphatic rings. The highest BCUT2D eigenvalue weighted by Crippen LogP contribution is 2.29. The Balaban J connectivity index is 2.50. The number of nitrogens with two attached hydrogens (primary N) is 1. The third-order valence-corrected chi connectivity index (χ3v) is 4.33. The highest BCUT2D eigenvalue weighted by atomic mass is 35.5. The summed E-state index contributed by atoms with van der Waals surface area (Å²) in [4.78, 5) is 9.68. The topological polar surface area (TPSA) is 115 Å². The van der Waals surface area contributed by atoms with Crippen molar-refractivity contribution in [1.82, 2.24) is 0 Å². The number of hydrogen-bond acceptors (Lipinski definition) is 5. The lowest BCUT2D eigenvalue weighted by atomic mass is 10.3. The van der Waals surface area contributed by atoms with Gasteiger partial charge in [-0.3, -0.25) is 14.8 Å². The van der Waals surface area contributed by atoms with Crippen molar-refractivity contribution in [2.24, 2.45) is 0 Å². The van der Waals surface area contributed by atoms with Crippen LogP contribution in [0.25, 0.3) is 0 Å². The first-order valence-electron chi connectivity index (χ1n) is 5.62. The van der Waals surface area contributed by atoms with Crippen LogP contribution in [0, 0.1) is 10.1 Å². The summed E-state index contributed by atoms with van der Waals surface area (Å²) in [6, 6.07) is 9.49. The molecule has 0 fully saturated rings. The first-order valence-corrected chi connectivity index (χ1v) is 7.48. The Morgan fingerprint density at radius 2 is 1.86 bits per heavy atom. The number of nitro benzene ring substituents is 1. The molecule has 2 aromatic carbocycles. The van der Waals surface area contributed by atoms with E-state index in [4.69, 9.17) is 17.3 Å². The third-order valence-electron chi connectivity index (χ3n) is 2.59. The van der Waals surface area contributed by atoms with E-state index in [-0.39, 0.29) is 16.4 Å². The van der Waals surface area contributed by atoms with Crippen molar-refractivity contribution in [3.8, 4) is 0 Å².